The monoisotopic (exact) mass is 389 g/mol. The van der Waals surface area contributed by atoms with Gasteiger partial charge in [0.05, 0.1) is 22.8 Å². The van der Waals surface area contributed by atoms with E-state index in [4.69, 9.17) is 32.7 Å². The fourth-order valence-electron chi connectivity index (χ4n) is 1.75. The first-order valence-electron chi connectivity index (χ1n) is 6.26. The standard InChI is InChI=1S/C15H14BrCl2NO2/c1-20-12-4-2-3-5-13(12)21-9-8-19-11-7-6-10(16)14(17)15(11)18/h2-7,19H,8-9H2,1H3. The van der Waals surface area contributed by atoms with E-state index in [1.165, 1.54) is 0 Å². The Hall–Kier alpha value is -1.10. The molecule has 2 aromatic carbocycles. The molecule has 0 atom stereocenters. The molecule has 0 aliphatic rings. The number of methoxy groups -OCH3 is 1. The number of nitrogens with one attached hydrogen (secondary N) is 1. The van der Waals surface area contributed by atoms with Gasteiger partial charge in [-0.2, -0.15) is 0 Å². The van der Waals surface area contributed by atoms with E-state index in [2.05, 4.69) is 21.2 Å². The summed E-state index contributed by atoms with van der Waals surface area (Å²) in [4.78, 5) is 0. The maximum absolute atomic E-state index is 6.16. The predicted octanol–water partition coefficient (Wildman–Crippen LogP) is 5.26. The van der Waals surface area contributed by atoms with Crippen LogP contribution in [-0.4, -0.2) is 20.3 Å². The molecule has 0 saturated heterocycles. The van der Waals surface area contributed by atoms with Gasteiger partial charge in [0, 0.05) is 11.0 Å². The van der Waals surface area contributed by atoms with E-state index in [-0.39, 0.29) is 0 Å². The summed E-state index contributed by atoms with van der Waals surface area (Å²) in [5.41, 5.74) is 0.772. The Labute approximate surface area is 142 Å². The molecule has 1 N–H and O–H groups in total. The third-order valence-corrected chi connectivity index (χ3v) is 4.55. The minimum Gasteiger partial charge on any atom is -0.493 e. The summed E-state index contributed by atoms with van der Waals surface area (Å²) in [6.07, 6.45) is 0. The number of benzene rings is 2. The number of rotatable bonds is 6. The molecule has 2 aromatic rings. The Kier molecular flexibility index (Phi) is 6.03. The van der Waals surface area contributed by atoms with E-state index in [9.17, 15) is 0 Å². The van der Waals surface area contributed by atoms with E-state index in [1.54, 1.807) is 7.11 Å². The molecule has 0 fully saturated rings. The van der Waals surface area contributed by atoms with Crippen LogP contribution in [0.15, 0.2) is 40.9 Å². The molecule has 6 heteroatoms. The Morgan fingerprint density at radius 3 is 2.48 bits per heavy atom. The SMILES string of the molecule is COc1ccccc1OCCNc1ccc(Br)c(Cl)c1Cl. The molecule has 0 heterocycles. The minimum atomic E-state index is 0.477. The van der Waals surface area contributed by atoms with Crippen molar-refractivity contribution < 1.29 is 9.47 Å². The summed E-state index contributed by atoms with van der Waals surface area (Å²) in [5, 5.41) is 4.17. The van der Waals surface area contributed by atoms with Gasteiger partial charge in [0.15, 0.2) is 11.5 Å². The van der Waals surface area contributed by atoms with Gasteiger partial charge >= 0.3 is 0 Å². The highest BCUT2D eigenvalue weighted by molar-refractivity contribution is 9.10. The summed E-state index contributed by atoms with van der Waals surface area (Å²) in [6.45, 7) is 1.07. The van der Waals surface area contributed by atoms with Crippen molar-refractivity contribution in [3.8, 4) is 11.5 Å². The van der Waals surface area contributed by atoms with Gasteiger partial charge in [-0.15, -0.1) is 0 Å². The molecule has 0 amide bonds. The smallest absolute Gasteiger partial charge is 0.161 e. The number of para-hydroxylation sites is 2. The third-order valence-electron chi connectivity index (χ3n) is 2.78. The Bertz CT molecular complexity index is 623. The van der Waals surface area contributed by atoms with Gasteiger partial charge in [0.25, 0.3) is 0 Å². The zero-order chi connectivity index (χ0) is 15.2. The number of hydrogen-bond donors (Lipinski definition) is 1. The summed E-state index contributed by atoms with van der Waals surface area (Å²) in [7, 11) is 1.62. The second kappa shape index (κ2) is 7.78. The van der Waals surface area contributed by atoms with Crippen LogP contribution >= 0.6 is 39.1 Å². The van der Waals surface area contributed by atoms with E-state index >= 15 is 0 Å². The highest BCUT2D eigenvalue weighted by Crippen LogP contribution is 2.35. The van der Waals surface area contributed by atoms with Crippen LogP contribution in [0.1, 0.15) is 0 Å². The zero-order valence-electron chi connectivity index (χ0n) is 11.3. The van der Waals surface area contributed by atoms with Crippen LogP contribution in [-0.2, 0) is 0 Å². The number of anilines is 1. The zero-order valence-corrected chi connectivity index (χ0v) is 14.4. The van der Waals surface area contributed by atoms with Crippen molar-refractivity contribution in [2.24, 2.45) is 0 Å². The summed E-state index contributed by atoms with van der Waals surface area (Å²) in [5.74, 6) is 1.42. The van der Waals surface area contributed by atoms with Crippen molar-refractivity contribution in [3.63, 3.8) is 0 Å². The molecule has 112 valence electrons. The van der Waals surface area contributed by atoms with Crippen LogP contribution in [0.25, 0.3) is 0 Å². The first-order valence-corrected chi connectivity index (χ1v) is 7.81. The lowest BCUT2D eigenvalue weighted by molar-refractivity contribution is 0.306. The maximum atomic E-state index is 6.16. The first-order chi connectivity index (χ1) is 10.1. The lowest BCUT2D eigenvalue weighted by Gasteiger charge is -2.13. The second-order valence-electron chi connectivity index (χ2n) is 4.15. The quantitative estimate of drug-likeness (QED) is 0.539. The lowest BCUT2D eigenvalue weighted by Crippen LogP contribution is -2.12. The highest BCUT2D eigenvalue weighted by atomic mass is 79.9. The topological polar surface area (TPSA) is 30.5 Å². The summed E-state index contributed by atoms with van der Waals surface area (Å²) >= 11 is 15.5. The molecule has 0 spiro atoms. The average Bonchev–Trinajstić information content (AvgIpc) is 2.51. The van der Waals surface area contributed by atoms with Gasteiger partial charge in [-0.05, 0) is 40.2 Å². The molecule has 0 saturated carbocycles. The van der Waals surface area contributed by atoms with Crippen LogP contribution < -0.4 is 14.8 Å². The largest absolute Gasteiger partial charge is 0.493 e. The molecule has 0 aromatic heterocycles. The van der Waals surface area contributed by atoms with Crippen LogP contribution in [0.4, 0.5) is 5.69 Å². The molecule has 0 aliphatic heterocycles. The van der Waals surface area contributed by atoms with Crippen LogP contribution in [0, 0.1) is 0 Å². The molecule has 3 nitrogen and oxygen atoms in total. The third kappa shape index (κ3) is 4.19. The summed E-state index contributed by atoms with van der Waals surface area (Å²) in [6, 6.07) is 11.2. The fraction of sp³-hybridized carbons (Fsp3) is 0.200. The second-order valence-corrected chi connectivity index (χ2v) is 5.76. The Balaban J connectivity index is 1.89. The van der Waals surface area contributed by atoms with E-state index in [0.717, 1.165) is 10.2 Å². The van der Waals surface area contributed by atoms with Gasteiger partial charge in [-0.1, -0.05) is 35.3 Å². The van der Waals surface area contributed by atoms with Crippen molar-refractivity contribution in [1.29, 1.82) is 0 Å². The molecule has 0 unspecified atom stereocenters. The maximum Gasteiger partial charge on any atom is 0.161 e. The molecule has 21 heavy (non-hydrogen) atoms. The van der Waals surface area contributed by atoms with Gasteiger partial charge in [-0.3, -0.25) is 0 Å². The molecule has 0 bridgehead atoms. The van der Waals surface area contributed by atoms with Crippen LogP contribution in [0.5, 0.6) is 11.5 Å². The Morgan fingerprint density at radius 1 is 1.05 bits per heavy atom. The van der Waals surface area contributed by atoms with Crippen LogP contribution in [0.2, 0.25) is 10.0 Å². The van der Waals surface area contributed by atoms with E-state index < -0.39 is 0 Å². The summed E-state index contributed by atoms with van der Waals surface area (Å²) < 4.78 is 11.7. The van der Waals surface area contributed by atoms with Gasteiger partial charge in [0.2, 0.25) is 0 Å². The van der Waals surface area contributed by atoms with Crippen molar-refractivity contribution in [3.05, 3.63) is 50.9 Å². The first kappa shape index (κ1) is 16.3. The number of ether oxygens (including phenoxy) is 2. The van der Waals surface area contributed by atoms with E-state index in [0.29, 0.717) is 34.7 Å². The fourth-order valence-corrected chi connectivity index (χ4v) is 2.59. The molecule has 2 rings (SSSR count). The molecular formula is C15H14BrCl2NO2. The molecule has 0 radical (unpaired) electrons. The normalized spacial score (nSPS) is 10.3. The molecule has 0 aliphatic carbocycles. The highest BCUT2D eigenvalue weighted by Gasteiger charge is 2.08. The van der Waals surface area contributed by atoms with Gasteiger partial charge in [0.1, 0.15) is 6.61 Å². The lowest BCUT2D eigenvalue weighted by atomic mass is 10.3. The van der Waals surface area contributed by atoms with Crippen molar-refractivity contribution in [1.82, 2.24) is 0 Å². The van der Waals surface area contributed by atoms with Gasteiger partial charge < -0.3 is 14.8 Å². The Morgan fingerprint density at radius 2 is 1.76 bits per heavy atom. The van der Waals surface area contributed by atoms with Crippen molar-refractivity contribution in [2.45, 2.75) is 0 Å². The van der Waals surface area contributed by atoms with Crippen molar-refractivity contribution in [2.75, 3.05) is 25.6 Å². The number of hydrogen-bond acceptors (Lipinski definition) is 3. The van der Waals surface area contributed by atoms with Crippen LogP contribution in [0.3, 0.4) is 0 Å². The number of halogens is 3. The average molecular weight is 391 g/mol. The van der Waals surface area contributed by atoms with E-state index in [1.807, 2.05) is 36.4 Å². The minimum absolute atomic E-state index is 0.477. The van der Waals surface area contributed by atoms with Gasteiger partial charge in [-0.25, -0.2) is 0 Å². The molecular weight excluding hydrogens is 377 g/mol. The predicted molar refractivity (Wildman–Crippen MR) is 91.1 cm³/mol. The van der Waals surface area contributed by atoms with Crippen molar-refractivity contribution >= 4 is 44.8 Å².